The Morgan fingerprint density at radius 2 is 2.10 bits per heavy atom. The Balaban J connectivity index is 1.39. The number of fused-ring (bicyclic) bond motifs is 1. The minimum absolute atomic E-state index is 0.144. The lowest BCUT2D eigenvalue weighted by molar-refractivity contribution is 0.0775. The summed E-state index contributed by atoms with van der Waals surface area (Å²) in [5, 5.41) is 4.80. The SMILES string of the molecule is CN(Cc1cn2ccccc2n1)C(=O)c1ccn(COc2ccc(Br)cc2Cl)n1. The maximum atomic E-state index is 12.7. The molecular formula is C20H17BrClN5O2. The van der Waals surface area contributed by atoms with Crippen LogP contribution in [0, 0.1) is 0 Å². The van der Waals surface area contributed by atoms with Crippen LogP contribution in [-0.4, -0.2) is 37.0 Å². The number of halogens is 2. The second-order valence-corrected chi connectivity index (χ2v) is 7.77. The molecule has 0 atom stereocenters. The van der Waals surface area contributed by atoms with E-state index in [2.05, 4.69) is 26.0 Å². The molecule has 0 unspecified atom stereocenters. The summed E-state index contributed by atoms with van der Waals surface area (Å²) in [7, 11) is 1.73. The minimum atomic E-state index is -0.192. The monoisotopic (exact) mass is 473 g/mol. The van der Waals surface area contributed by atoms with Crippen LogP contribution in [0.3, 0.4) is 0 Å². The van der Waals surface area contributed by atoms with Crippen LogP contribution in [0.2, 0.25) is 5.02 Å². The predicted molar refractivity (Wildman–Crippen MR) is 113 cm³/mol. The standard InChI is InChI=1S/C20H17BrClN5O2/c1-25(11-15-12-26-8-3-2-4-19(26)23-15)20(28)17-7-9-27(24-17)13-29-18-6-5-14(21)10-16(18)22/h2-10,12H,11,13H2,1H3. The molecule has 29 heavy (non-hydrogen) atoms. The van der Waals surface area contributed by atoms with Crippen LogP contribution in [0.25, 0.3) is 5.65 Å². The van der Waals surface area contributed by atoms with E-state index in [4.69, 9.17) is 16.3 Å². The fourth-order valence-corrected chi connectivity index (χ4v) is 3.58. The van der Waals surface area contributed by atoms with E-state index >= 15 is 0 Å². The Kier molecular flexibility index (Phi) is 5.55. The smallest absolute Gasteiger partial charge is 0.274 e. The van der Waals surface area contributed by atoms with Gasteiger partial charge in [-0.25, -0.2) is 9.67 Å². The van der Waals surface area contributed by atoms with Gasteiger partial charge in [0.05, 0.1) is 17.3 Å². The van der Waals surface area contributed by atoms with E-state index in [0.29, 0.717) is 23.0 Å². The van der Waals surface area contributed by atoms with Crippen molar-refractivity contribution in [2.75, 3.05) is 7.05 Å². The van der Waals surface area contributed by atoms with Crippen LogP contribution < -0.4 is 4.74 Å². The predicted octanol–water partition coefficient (Wildman–Crippen LogP) is 4.26. The van der Waals surface area contributed by atoms with Gasteiger partial charge in [0.1, 0.15) is 11.4 Å². The molecule has 1 aromatic carbocycles. The average Bonchev–Trinajstić information content (AvgIpc) is 3.33. The summed E-state index contributed by atoms with van der Waals surface area (Å²) >= 11 is 9.50. The molecule has 0 bridgehead atoms. The van der Waals surface area contributed by atoms with E-state index in [1.165, 1.54) is 0 Å². The Morgan fingerprint density at radius 3 is 2.90 bits per heavy atom. The number of ether oxygens (including phenoxy) is 1. The Hall–Kier alpha value is -2.84. The highest BCUT2D eigenvalue weighted by atomic mass is 79.9. The average molecular weight is 475 g/mol. The molecule has 1 amide bonds. The Labute approximate surface area is 180 Å². The molecule has 148 valence electrons. The third kappa shape index (κ3) is 4.44. The molecule has 0 aliphatic rings. The highest BCUT2D eigenvalue weighted by Crippen LogP contribution is 2.27. The second-order valence-electron chi connectivity index (χ2n) is 6.45. The van der Waals surface area contributed by atoms with E-state index in [-0.39, 0.29) is 12.6 Å². The van der Waals surface area contributed by atoms with E-state index in [1.54, 1.807) is 41.0 Å². The summed E-state index contributed by atoms with van der Waals surface area (Å²) in [6, 6.07) is 12.8. The molecule has 7 nitrogen and oxygen atoms in total. The molecule has 0 N–H and O–H groups in total. The van der Waals surface area contributed by atoms with Crippen molar-refractivity contribution < 1.29 is 9.53 Å². The lowest BCUT2D eigenvalue weighted by atomic mass is 10.3. The van der Waals surface area contributed by atoms with Crippen LogP contribution >= 0.6 is 27.5 Å². The van der Waals surface area contributed by atoms with Gasteiger partial charge in [0, 0.05) is 30.1 Å². The van der Waals surface area contributed by atoms with E-state index in [0.717, 1.165) is 15.8 Å². The maximum Gasteiger partial charge on any atom is 0.274 e. The number of hydrogen-bond acceptors (Lipinski definition) is 4. The van der Waals surface area contributed by atoms with Crippen LogP contribution in [-0.2, 0) is 13.3 Å². The summed E-state index contributed by atoms with van der Waals surface area (Å²) in [5.41, 5.74) is 1.98. The number of rotatable bonds is 6. The highest BCUT2D eigenvalue weighted by Gasteiger charge is 2.16. The van der Waals surface area contributed by atoms with Gasteiger partial charge in [-0.3, -0.25) is 4.79 Å². The molecule has 0 radical (unpaired) electrons. The summed E-state index contributed by atoms with van der Waals surface area (Å²) in [6.45, 7) is 0.531. The maximum absolute atomic E-state index is 12.7. The normalized spacial score (nSPS) is 11.0. The topological polar surface area (TPSA) is 64.7 Å². The number of aromatic nitrogens is 4. The highest BCUT2D eigenvalue weighted by molar-refractivity contribution is 9.10. The first-order chi connectivity index (χ1) is 14.0. The molecule has 0 saturated carbocycles. The summed E-state index contributed by atoms with van der Waals surface area (Å²) in [6.07, 6.45) is 5.53. The zero-order valence-corrected chi connectivity index (χ0v) is 17.8. The second kappa shape index (κ2) is 8.26. The zero-order chi connectivity index (χ0) is 20.4. The van der Waals surface area contributed by atoms with Gasteiger partial charge in [0.15, 0.2) is 12.4 Å². The van der Waals surface area contributed by atoms with Crippen LogP contribution in [0.15, 0.2) is 65.5 Å². The van der Waals surface area contributed by atoms with Gasteiger partial charge in [-0.05, 0) is 36.4 Å². The van der Waals surface area contributed by atoms with Gasteiger partial charge in [-0.2, -0.15) is 5.10 Å². The third-order valence-electron chi connectivity index (χ3n) is 4.27. The molecule has 4 rings (SSSR count). The fraction of sp³-hybridized carbons (Fsp3) is 0.150. The van der Waals surface area contributed by atoms with Crippen molar-refractivity contribution in [3.05, 3.63) is 81.9 Å². The number of nitrogens with zero attached hydrogens (tertiary/aromatic N) is 5. The van der Waals surface area contributed by atoms with E-state index < -0.39 is 0 Å². The van der Waals surface area contributed by atoms with Crippen LogP contribution in [0.1, 0.15) is 16.2 Å². The number of amides is 1. The molecule has 9 heteroatoms. The number of carbonyl (C=O) groups excluding carboxylic acids is 1. The van der Waals surface area contributed by atoms with Crippen molar-refractivity contribution in [1.82, 2.24) is 24.1 Å². The van der Waals surface area contributed by atoms with E-state index in [9.17, 15) is 4.79 Å². The van der Waals surface area contributed by atoms with Gasteiger partial charge < -0.3 is 14.0 Å². The van der Waals surface area contributed by atoms with Crippen molar-refractivity contribution >= 4 is 39.1 Å². The quantitative estimate of drug-likeness (QED) is 0.419. The lowest BCUT2D eigenvalue weighted by Crippen LogP contribution is -2.27. The first-order valence-corrected chi connectivity index (χ1v) is 9.96. The minimum Gasteiger partial charge on any atom is -0.470 e. The molecular weight excluding hydrogens is 458 g/mol. The van der Waals surface area contributed by atoms with Gasteiger partial charge >= 0.3 is 0 Å². The van der Waals surface area contributed by atoms with Crippen molar-refractivity contribution in [3.8, 4) is 5.75 Å². The summed E-state index contributed by atoms with van der Waals surface area (Å²) in [4.78, 5) is 18.8. The largest absolute Gasteiger partial charge is 0.470 e. The fourth-order valence-electron chi connectivity index (χ4n) is 2.85. The first kappa shape index (κ1) is 19.5. The third-order valence-corrected chi connectivity index (χ3v) is 5.05. The number of hydrogen-bond donors (Lipinski definition) is 0. The Morgan fingerprint density at radius 1 is 1.24 bits per heavy atom. The van der Waals surface area contributed by atoms with Gasteiger partial charge in [-0.1, -0.05) is 33.6 Å². The first-order valence-electron chi connectivity index (χ1n) is 8.79. The molecule has 3 heterocycles. The van der Waals surface area contributed by atoms with Gasteiger partial charge in [0.25, 0.3) is 5.91 Å². The van der Waals surface area contributed by atoms with Crippen molar-refractivity contribution in [3.63, 3.8) is 0 Å². The van der Waals surface area contributed by atoms with Crippen LogP contribution in [0.5, 0.6) is 5.75 Å². The van der Waals surface area contributed by atoms with Crippen molar-refractivity contribution in [2.45, 2.75) is 13.3 Å². The van der Waals surface area contributed by atoms with Crippen molar-refractivity contribution in [2.24, 2.45) is 0 Å². The summed E-state index contributed by atoms with van der Waals surface area (Å²) < 4.78 is 10.0. The lowest BCUT2D eigenvalue weighted by Gasteiger charge is -2.14. The molecule has 3 aromatic heterocycles. The van der Waals surface area contributed by atoms with Crippen molar-refractivity contribution in [1.29, 1.82) is 0 Å². The zero-order valence-electron chi connectivity index (χ0n) is 15.5. The Bertz CT molecular complexity index is 1140. The molecule has 0 aliphatic heterocycles. The number of carbonyl (C=O) groups is 1. The number of imidazole rings is 1. The molecule has 4 aromatic rings. The van der Waals surface area contributed by atoms with E-state index in [1.807, 2.05) is 41.1 Å². The number of benzene rings is 1. The van der Waals surface area contributed by atoms with Gasteiger partial charge in [-0.15, -0.1) is 0 Å². The molecule has 0 fully saturated rings. The molecule has 0 aliphatic carbocycles. The molecule has 0 saturated heterocycles. The van der Waals surface area contributed by atoms with Gasteiger partial charge in [0.2, 0.25) is 0 Å². The molecule has 0 spiro atoms. The summed E-state index contributed by atoms with van der Waals surface area (Å²) in [5.74, 6) is 0.352. The number of pyridine rings is 1. The van der Waals surface area contributed by atoms with Crippen LogP contribution in [0.4, 0.5) is 0 Å².